The van der Waals surface area contributed by atoms with Crippen LogP contribution in [0.15, 0.2) is 22.9 Å². The van der Waals surface area contributed by atoms with Crippen LogP contribution in [0, 0.1) is 18.8 Å². The molecule has 2 aromatic heterocycles. The summed E-state index contributed by atoms with van der Waals surface area (Å²) in [4.78, 5) is 6.20. The molecule has 26 heavy (non-hydrogen) atoms. The molecule has 1 unspecified atom stereocenters. The van der Waals surface area contributed by atoms with Gasteiger partial charge in [0.05, 0.1) is 11.1 Å². The molecule has 4 heteroatoms. The summed E-state index contributed by atoms with van der Waals surface area (Å²) in [6.07, 6.45) is 8.76. The quantitative estimate of drug-likeness (QED) is 0.702. The van der Waals surface area contributed by atoms with Gasteiger partial charge in [-0.1, -0.05) is 12.1 Å². The first-order chi connectivity index (χ1) is 12.7. The summed E-state index contributed by atoms with van der Waals surface area (Å²) in [6.45, 7) is 8.31. The number of nitrogens with one attached hydrogen (secondary N) is 1. The first-order valence-electron chi connectivity index (χ1n) is 10.3. The predicted molar refractivity (Wildman–Crippen MR) is 106 cm³/mol. The van der Waals surface area contributed by atoms with Crippen LogP contribution in [0.25, 0.3) is 21.9 Å². The monoisotopic (exact) mass is 351 g/mol. The van der Waals surface area contributed by atoms with E-state index in [1.54, 1.807) is 0 Å². The molecule has 1 aromatic carbocycles. The molecule has 3 aromatic rings. The molecule has 3 heterocycles. The van der Waals surface area contributed by atoms with Gasteiger partial charge in [0.25, 0.3) is 0 Å². The van der Waals surface area contributed by atoms with E-state index in [1.807, 2.05) is 6.92 Å². The van der Waals surface area contributed by atoms with Crippen molar-refractivity contribution in [1.29, 1.82) is 0 Å². The highest BCUT2D eigenvalue weighted by atomic mass is 16.5. The Morgan fingerprint density at radius 3 is 2.92 bits per heavy atom. The van der Waals surface area contributed by atoms with Gasteiger partial charge in [-0.2, -0.15) is 0 Å². The second kappa shape index (κ2) is 6.41. The SMILES string of the molecule is Cc1noc2cc(C3CC[C@@H](CN4CCC(C)CC4)C3)c3[nH]ccc3c12. The molecule has 4 nitrogen and oxygen atoms in total. The average Bonchev–Trinajstić information content (AvgIpc) is 3.36. The van der Waals surface area contributed by atoms with Gasteiger partial charge in [-0.25, -0.2) is 0 Å². The first kappa shape index (κ1) is 16.4. The number of rotatable bonds is 3. The van der Waals surface area contributed by atoms with Crippen molar-refractivity contribution in [3.05, 3.63) is 29.6 Å². The second-order valence-electron chi connectivity index (χ2n) is 8.73. The van der Waals surface area contributed by atoms with Gasteiger partial charge in [0, 0.05) is 23.6 Å². The van der Waals surface area contributed by atoms with Crippen LogP contribution in [-0.4, -0.2) is 34.7 Å². The molecular formula is C22H29N3O. The number of aryl methyl sites for hydroxylation is 1. The lowest BCUT2D eigenvalue weighted by atomic mass is 9.92. The fraction of sp³-hybridized carbons (Fsp3) is 0.591. The number of hydrogen-bond acceptors (Lipinski definition) is 3. The third-order valence-electron chi connectivity index (χ3n) is 6.85. The second-order valence-corrected chi connectivity index (χ2v) is 8.73. The molecule has 0 radical (unpaired) electrons. The molecule has 2 fully saturated rings. The van der Waals surface area contributed by atoms with Gasteiger partial charge in [0.1, 0.15) is 0 Å². The number of aromatic nitrogens is 2. The van der Waals surface area contributed by atoms with Crippen LogP contribution in [0.4, 0.5) is 0 Å². The molecule has 1 aliphatic heterocycles. The topological polar surface area (TPSA) is 45.1 Å². The summed E-state index contributed by atoms with van der Waals surface area (Å²) in [5.74, 6) is 2.39. The number of likely N-dealkylation sites (tertiary alicyclic amines) is 1. The summed E-state index contributed by atoms with van der Waals surface area (Å²) in [5, 5.41) is 6.63. The minimum Gasteiger partial charge on any atom is -0.361 e. The summed E-state index contributed by atoms with van der Waals surface area (Å²) in [6, 6.07) is 4.43. The third kappa shape index (κ3) is 2.75. The van der Waals surface area contributed by atoms with E-state index in [4.69, 9.17) is 4.52 Å². The zero-order valence-corrected chi connectivity index (χ0v) is 15.9. The van der Waals surface area contributed by atoms with Gasteiger partial charge in [-0.05, 0) is 87.6 Å². The molecule has 1 saturated heterocycles. The van der Waals surface area contributed by atoms with Gasteiger partial charge in [0.2, 0.25) is 0 Å². The van der Waals surface area contributed by atoms with Crippen LogP contribution >= 0.6 is 0 Å². The Morgan fingerprint density at radius 2 is 2.08 bits per heavy atom. The smallest absolute Gasteiger partial charge is 0.168 e. The van der Waals surface area contributed by atoms with E-state index in [-0.39, 0.29) is 0 Å². The number of piperidine rings is 1. The number of benzene rings is 1. The molecule has 1 N–H and O–H groups in total. The minimum absolute atomic E-state index is 0.639. The Bertz CT molecular complexity index is 916. The van der Waals surface area contributed by atoms with Crippen molar-refractivity contribution in [2.45, 2.75) is 51.9 Å². The van der Waals surface area contributed by atoms with Crippen LogP contribution in [0.5, 0.6) is 0 Å². The molecule has 1 saturated carbocycles. The Morgan fingerprint density at radius 1 is 1.23 bits per heavy atom. The van der Waals surface area contributed by atoms with Gasteiger partial charge in [0.15, 0.2) is 5.58 Å². The van der Waals surface area contributed by atoms with Crippen molar-refractivity contribution >= 4 is 21.9 Å². The summed E-state index contributed by atoms with van der Waals surface area (Å²) < 4.78 is 5.61. The standard InChI is InChI=1S/C22H29N3O/c1-14-6-9-25(10-7-14)13-16-3-4-17(11-16)19-12-20-21(15(2)24-26-20)18-5-8-23-22(18)19/h5,8,12,14,16-17,23H,3-4,6-7,9-11,13H2,1-2H3/t16-,17?/m1/s1. The minimum atomic E-state index is 0.639. The van der Waals surface area contributed by atoms with E-state index >= 15 is 0 Å². The highest BCUT2D eigenvalue weighted by molar-refractivity contribution is 6.07. The molecule has 1 aliphatic carbocycles. The molecule has 0 bridgehead atoms. The lowest BCUT2D eigenvalue weighted by Gasteiger charge is -2.32. The molecule has 2 atom stereocenters. The Labute approximate surface area is 154 Å². The van der Waals surface area contributed by atoms with Gasteiger partial charge in [-0.3, -0.25) is 0 Å². The lowest BCUT2D eigenvalue weighted by molar-refractivity contribution is 0.167. The molecule has 0 amide bonds. The number of nitrogens with zero attached hydrogens (tertiary/aromatic N) is 2. The molecular weight excluding hydrogens is 322 g/mol. The van der Waals surface area contributed by atoms with Crippen molar-refractivity contribution in [2.24, 2.45) is 11.8 Å². The zero-order valence-electron chi connectivity index (χ0n) is 15.9. The summed E-state index contributed by atoms with van der Waals surface area (Å²) in [7, 11) is 0. The van der Waals surface area contributed by atoms with Gasteiger partial charge in [-0.15, -0.1) is 0 Å². The average molecular weight is 351 g/mol. The molecule has 138 valence electrons. The van der Waals surface area contributed by atoms with Crippen molar-refractivity contribution in [3.63, 3.8) is 0 Å². The van der Waals surface area contributed by atoms with E-state index in [1.165, 1.54) is 73.6 Å². The normalized spacial score (nSPS) is 25.6. The van der Waals surface area contributed by atoms with E-state index in [9.17, 15) is 0 Å². The maximum Gasteiger partial charge on any atom is 0.168 e. The van der Waals surface area contributed by atoms with E-state index in [0.29, 0.717) is 5.92 Å². The highest BCUT2D eigenvalue weighted by Crippen LogP contribution is 2.43. The molecule has 0 spiro atoms. The first-order valence-corrected chi connectivity index (χ1v) is 10.3. The summed E-state index contributed by atoms with van der Waals surface area (Å²) in [5.41, 5.74) is 4.66. The Balaban J connectivity index is 1.38. The maximum absolute atomic E-state index is 5.61. The van der Waals surface area contributed by atoms with Crippen molar-refractivity contribution in [2.75, 3.05) is 19.6 Å². The number of hydrogen-bond donors (Lipinski definition) is 1. The van der Waals surface area contributed by atoms with Crippen LogP contribution in [0.3, 0.4) is 0 Å². The van der Waals surface area contributed by atoms with Crippen molar-refractivity contribution in [1.82, 2.24) is 15.0 Å². The van der Waals surface area contributed by atoms with Crippen LogP contribution in [-0.2, 0) is 0 Å². The van der Waals surface area contributed by atoms with Gasteiger partial charge >= 0.3 is 0 Å². The zero-order chi connectivity index (χ0) is 17.7. The number of H-pyrrole nitrogens is 1. The van der Waals surface area contributed by atoms with Crippen molar-refractivity contribution in [3.8, 4) is 0 Å². The van der Waals surface area contributed by atoms with Crippen LogP contribution in [0.2, 0.25) is 0 Å². The van der Waals surface area contributed by atoms with Crippen molar-refractivity contribution < 1.29 is 4.52 Å². The number of aromatic amines is 1. The van der Waals surface area contributed by atoms with Crippen LogP contribution in [0.1, 0.15) is 56.2 Å². The maximum atomic E-state index is 5.61. The van der Waals surface area contributed by atoms with Gasteiger partial charge < -0.3 is 14.4 Å². The molecule has 2 aliphatic rings. The summed E-state index contributed by atoms with van der Waals surface area (Å²) >= 11 is 0. The fourth-order valence-corrected chi connectivity index (χ4v) is 5.30. The third-order valence-corrected chi connectivity index (χ3v) is 6.85. The Kier molecular flexibility index (Phi) is 4.04. The number of fused-ring (bicyclic) bond motifs is 3. The predicted octanol–water partition coefficient (Wildman–Crippen LogP) is 5.23. The highest BCUT2D eigenvalue weighted by Gasteiger charge is 2.30. The fourth-order valence-electron chi connectivity index (χ4n) is 5.30. The van der Waals surface area contributed by atoms with E-state index < -0.39 is 0 Å². The van der Waals surface area contributed by atoms with Crippen LogP contribution < -0.4 is 0 Å². The largest absolute Gasteiger partial charge is 0.361 e. The lowest BCUT2D eigenvalue weighted by Crippen LogP contribution is -2.36. The Hall–Kier alpha value is -1.81. The molecule has 5 rings (SSSR count). The van der Waals surface area contributed by atoms with E-state index in [0.717, 1.165) is 23.1 Å². The van der Waals surface area contributed by atoms with E-state index in [2.05, 4.69) is 40.3 Å².